The highest BCUT2D eigenvalue weighted by Gasteiger charge is 2.38. The van der Waals surface area contributed by atoms with Crippen LogP contribution in [0.25, 0.3) is 0 Å². The monoisotopic (exact) mass is 368 g/mol. The van der Waals surface area contributed by atoms with Crippen molar-refractivity contribution in [1.29, 1.82) is 0 Å². The third-order valence-electron chi connectivity index (χ3n) is 3.92. The average molecular weight is 369 g/mol. The number of carbonyl (C=O) groups excluding carboxylic acids is 2. The molecule has 0 fully saturated rings. The number of hydrogen-bond donors (Lipinski definition) is 0. The van der Waals surface area contributed by atoms with Gasteiger partial charge >= 0.3 is 11.9 Å². The van der Waals surface area contributed by atoms with Crippen molar-refractivity contribution in [2.24, 2.45) is 0 Å². The van der Waals surface area contributed by atoms with E-state index in [0.29, 0.717) is 12.2 Å². The van der Waals surface area contributed by atoms with Crippen LogP contribution in [0.15, 0.2) is 36.6 Å². The molecule has 0 aliphatic carbocycles. The summed E-state index contributed by atoms with van der Waals surface area (Å²) in [4.78, 5) is 22.7. The second kappa shape index (κ2) is 10.2. The van der Waals surface area contributed by atoms with Gasteiger partial charge in [-0.05, 0) is 38.1 Å². The second-order valence-electron chi connectivity index (χ2n) is 7.30. The van der Waals surface area contributed by atoms with Gasteiger partial charge in [-0.1, -0.05) is 33.4 Å². The van der Waals surface area contributed by atoms with Gasteiger partial charge in [0.15, 0.2) is 0 Å². The normalized spacial score (nSPS) is 13.7. The zero-order chi connectivity index (χ0) is 19.7. The van der Waals surface area contributed by atoms with E-state index < -0.39 is 20.3 Å². The Morgan fingerprint density at radius 2 is 1.68 bits per heavy atom. The minimum absolute atomic E-state index is 0.109. The van der Waals surface area contributed by atoms with E-state index in [0.717, 1.165) is 12.2 Å². The molecule has 1 atom stereocenters. The minimum Gasteiger partial charge on any atom is -0.544 e. The Kier molecular flexibility index (Phi) is 9.49. The van der Waals surface area contributed by atoms with Crippen molar-refractivity contribution < 1.29 is 23.5 Å². The highest BCUT2D eigenvalue weighted by molar-refractivity contribution is 6.74. The molecular formula is C19H32O5Si. The number of allylic oxidation sites excluding steroid dienone is 1. The summed E-state index contributed by atoms with van der Waals surface area (Å²) in [6, 6.07) is 0. The molecule has 0 saturated carbocycles. The smallest absolute Gasteiger partial charge is 0.331 e. The molecular weight excluding hydrogens is 336 g/mol. The largest absolute Gasteiger partial charge is 0.544 e. The van der Waals surface area contributed by atoms with Gasteiger partial charge in [0, 0.05) is 18.6 Å². The van der Waals surface area contributed by atoms with E-state index in [2.05, 4.69) is 45.2 Å². The summed E-state index contributed by atoms with van der Waals surface area (Å²) in [6.07, 6.45) is 6.00. The van der Waals surface area contributed by atoms with Crippen LogP contribution >= 0.6 is 0 Å². The summed E-state index contributed by atoms with van der Waals surface area (Å²) in [6.45, 7) is 18.5. The molecule has 0 aromatic rings. The summed E-state index contributed by atoms with van der Waals surface area (Å²) in [7, 11) is -1.89. The minimum atomic E-state index is -1.89. The van der Waals surface area contributed by atoms with Crippen LogP contribution in [-0.2, 0) is 23.5 Å². The second-order valence-corrected chi connectivity index (χ2v) is 12.0. The highest BCUT2D eigenvalue weighted by Crippen LogP contribution is 2.37. The van der Waals surface area contributed by atoms with E-state index in [1.807, 2.05) is 6.08 Å². The summed E-state index contributed by atoms with van der Waals surface area (Å²) in [5.41, 5.74) is 0. The Morgan fingerprint density at radius 1 is 1.12 bits per heavy atom. The van der Waals surface area contributed by atoms with Crippen molar-refractivity contribution >= 4 is 20.3 Å². The Bertz CT molecular complexity index is 526. The molecule has 0 rings (SSSR count). The zero-order valence-electron chi connectivity index (χ0n) is 16.5. The van der Waals surface area contributed by atoms with E-state index >= 15 is 0 Å². The zero-order valence-corrected chi connectivity index (χ0v) is 17.5. The molecule has 0 heterocycles. The maximum absolute atomic E-state index is 11.6. The molecule has 6 heteroatoms. The predicted octanol–water partition coefficient (Wildman–Crippen LogP) is 4.52. The summed E-state index contributed by atoms with van der Waals surface area (Å²) in [5.74, 6) is -0.524. The first-order valence-electron chi connectivity index (χ1n) is 8.49. The van der Waals surface area contributed by atoms with E-state index in [1.54, 1.807) is 19.9 Å². The maximum Gasteiger partial charge on any atom is 0.331 e. The average Bonchev–Trinajstić information content (AvgIpc) is 2.43. The van der Waals surface area contributed by atoms with Gasteiger partial charge < -0.3 is 13.9 Å². The van der Waals surface area contributed by atoms with Gasteiger partial charge in [0.1, 0.15) is 6.10 Å². The predicted molar refractivity (Wildman–Crippen MR) is 103 cm³/mol. The number of esters is 2. The van der Waals surface area contributed by atoms with Crippen molar-refractivity contribution in [2.75, 3.05) is 6.61 Å². The molecule has 0 aliphatic heterocycles. The lowest BCUT2D eigenvalue weighted by molar-refractivity contribution is -0.143. The highest BCUT2D eigenvalue weighted by atomic mass is 28.4. The standard InChI is InChI=1S/C19H32O5Si/c1-9-22-17(20)13-14-18(21)23-15(2)11-10-12-16(3)24-25(7,8)19(4,5)6/h10,12-15H,3,9,11H2,1-2,4-8H3/b12-10+,14-13+. The molecule has 0 N–H and O–H groups in total. The first-order chi connectivity index (χ1) is 11.4. The Hall–Kier alpha value is -1.82. The molecule has 0 bridgehead atoms. The quantitative estimate of drug-likeness (QED) is 0.197. The Labute approximate surface area is 152 Å². The van der Waals surface area contributed by atoms with Crippen LogP contribution in [0.2, 0.25) is 18.1 Å². The molecule has 0 aliphatic rings. The van der Waals surface area contributed by atoms with Crippen LogP contribution in [-0.4, -0.2) is 33.0 Å². The van der Waals surface area contributed by atoms with Crippen molar-refractivity contribution in [3.63, 3.8) is 0 Å². The summed E-state index contributed by atoms with van der Waals surface area (Å²) < 4.78 is 15.9. The molecule has 0 aromatic carbocycles. The summed E-state index contributed by atoms with van der Waals surface area (Å²) in [5, 5.41) is 0.109. The van der Waals surface area contributed by atoms with Crippen molar-refractivity contribution in [3.05, 3.63) is 36.6 Å². The number of ether oxygens (including phenoxy) is 2. The number of hydrogen-bond acceptors (Lipinski definition) is 5. The summed E-state index contributed by atoms with van der Waals surface area (Å²) >= 11 is 0. The fourth-order valence-corrected chi connectivity index (χ4v) is 2.55. The lowest BCUT2D eigenvalue weighted by Gasteiger charge is -2.36. The van der Waals surface area contributed by atoms with Crippen molar-refractivity contribution in [2.45, 2.75) is 65.3 Å². The van der Waals surface area contributed by atoms with E-state index in [9.17, 15) is 9.59 Å². The van der Waals surface area contributed by atoms with E-state index in [4.69, 9.17) is 9.16 Å². The SMILES string of the molecule is C=C(/C=C/CC(C)OC(=O)/C=C/C(=O)OCC)O[Si](C)(C)C(C)(C)C. The van der Waals surface area contributed by atoms with Crippen molar-refractivity contribution in [1.82, 2.24) is 0 Å². The van der Waals surface area contributed by atoms with Gasteiger partial charge in [0.2, 0.25) is 8.32 Å². The van der Waals surface area contributed by atoms with Gasteiger partial charge in [-0.2, -0.15) is 0 Å². The fourth-order valence-electron chi connectivity index (χ4n) is 1.52. The lowest BCUT2D eigenvalue weighted by atomic mass is 10.2. The third-order valence-corrected chi connectivity index (χ3v) is 8.31. The van der Waals surface area contributed by atoms with E-state index in [-0.39, 0.29) is 17.7 Å². The van der Waals surface area contributed by atoms with Crippen molar-refractivity contribution in [3.8, 4) is 0 Å². The molecule has 0 saturated heterocycles. The van der Waals surface area contributed by atoms with Crippen LogP contribution < -0.4 is 0 Å². The number of rotatable bonds is 9. The molecule has 5 nitrogen and oxygen atoms in total. The topological polar surface area (TPSA) is 61.8 Å². The Balaban J connectivity index is 4.35. The number of carbonyl (C=O) groups is 2. The van der Waals surface area contributed by atoms with Crippen LogP contribution in [0.1, 0.15) is 41.0 Å². The van der Waals surface area contributed by atoms with Gasteiger partial charge in [-0.3, -0.25) is 0 Å². The van der Waals surface area contributed by atoms with Crippen LogP contribution in [0.3, 0.4) is 0 Å². The molecule has 1 unspecified atom stereocenters. The fraction of sp³-hybridized carbons (Fsp3) is 0.579. The molecule has 0 aromatic heterocycles. The molecule has 0 radical (unpaired) electrons. The molecule has 0 amide bonds. The van der Waals surface area contributed by atoms with E-state index in [1.165, 1.54) is 0 Å². The maximum atomic E-state index is 11.6. The van der Waals surface area contributed by atoms with Gasteiger partial charge in [-0.25, -0.2) is 9.59 Å². The van der Waals surface area contributed by atoms with Crippen LogP contribution in [0.4, 0.5) is 0 Å². The first-order valence-corrected chi connectivity index (χ1v) is 11.4. The Morgan fingerprint density at radius 3 is 2.20 bits per heavy atom. The lowest BCUT2D eigenvalue weighted by Crippen LogP contribution is -2.40. The molecule has 25 heavy (non-hydrogen) atoms. The molecule has 142 valence electrons. The first kappa shape index (κ1) is 23.2. The third kappa shape index (κ3) is 9.91. The van der Waals surface area contributed by atoms with Crippen LogP contribution in [0, 0.1) is 0 Å². The van der Waals surface area contributed by atoms with Gasteiger partial charge in [-0.15, -0.1) is 0 Å². The van der Waals surface area contributed by atoms with Crippen LogP contribution in [0.5, 0.6) is 0 Å². The van der Waals surface area contributed by atoms with Gasteiger partial charge in [0.25, 0.3) is 0 Å². The van der Waals surface area contributed by atoms with Gasteiger partial charge in [0.05, 0.1) is 12.4 Å². The molecule has 0 spiro atoms.